The molecule has 8 aromatic carbocycles. The first-order valence-corrected chi connectivity index (χ1v) is 18.8. The van der Waals surface area contributed by atoms with Gasteiger partial charge in [0, 0.05) is 33.0 Å². The second kappa shape index (κ2) is 14.4. The summed E-state index contributed by atoms with van der Waals surface area (Å²) in [5.41, 5.74) is 13.1. The van der Waals surface area contributed by atoms with Gasteiger partial charge in [-0.05, 0) is 75.3 Å². The molecule has 5 heteroatoms. The topological polar surface area (TPSA) is 75.6 Å². The Balaban J connectivity index is 1.11. The molecule has 5 nitrogen and oxygen atoms in total. The number of hydrogen-bond donors (Lipinski definition) is 0. The molecule has 0 unspecified atom stereocenters. The third-order valence-corrected chi connectivity index (χ3v) is 10.4. The molecule has 0 aliphatic heterocycles. The molecule has 2 heterocycles. The van der Waals surface area contributed by atoms with E-state index in [1.165, 1.54) is 5.56 Å². The first-order chi connectivity index (χ1) is 28.2. The summed E-state index contributed by atoms with van der Waals surface area (Å²) in [7, 11) is 0. The van der Waals surface area contributed by atoms with Gasteiger partial charge in [0.05, 0.1) is 11.6 Å². The van der Waals surface area contributed by atoms with Gasteiger partial charge in [0.2, 0.25) is 0 Å². The minimum absolute atomic E-state index is 0.539. The van der Waals surface area contributed by atoms with Gasteiger partial charge >= 0.3 is 0 Å². The number of rotatable bonds is 7. The highest BCUT2D eigenvalue weighted by Gasteiger charge is 2.19. The molecule has 0 spiro atoms. The molecule has 2 aromatic heterocycles. The summed E-state index contributed by atoms with van der Waals surface area (Å²) in [5.74, 6) is 1.65. The Bertz CT molecular complexity index is 3130. The van der Waals surface area contributed by atoms with Crippen molar-refractivity contribution in [2.24, 2.45) is 0 Å². The molecule has 10 rings (SSSR count). The Labute approximate surface area is 329 Å². The Hall–Kier alpha value is -7.94. The molecule has 0 aliphatic carbocycles. The van der Waals surface area contributed by atoms with Crippen molar-refractivity contribution in [3.05, 3.63) is 200 Å². The predicted octanol–water partition coefficient (Wildman–Crippen LogP) is 13.3. The van der Waals surface area contributed by atoms with Crippen LogP contribution in [0.5, 0.6) is 0 Å². The van der Waals surface area contributed by atoms with Crippen molar-refractivity contribution in [3.8, 4) is 84.7 Å². The molecule has 57 heavy (non-hydrogen) atoms. The van der Waals surface area contributed by atoms with E-state index in [0.717, 1.165) is 77.6 Å². The monoisotopic (exact) mass is 728 g/mol. The van der Waals surface area contributed by atoms with E-state index in [4.69, 9.17) is 19.4 Å². The summed E-state index contributed by atoms with van der Waals surface area (Å²) < 4.78 is 6.57. The quantitative estimate of drug-likeness (QED) is 0.163. The fraction of sp³-hybridized carbons (Fsp3) is 0. The fourth-order valence-corrected chi connectivity index (χ4v) is 7.64. The first-order valence-electron chi connectivity index (χ1n) is 18.8. The number of nitriles is 1. The lowest BCUT2D eigenvalue weighted by Gasteiger charge is -2.14. The maximum absolute atomic E-state index is 9.99. The number of nitrogens with zero attached hydrogens (tertiary/aromatic N) is 4. The Morgan fingerprint density at radius 3 is 1.65 bits per heavy atom. The van der Waals surface area contributed by atoms with Gasteiger partial charge < -0.3 is 4.42 Å². The number of fused-ring (bicyclic) bond motifs is 3. The third kappa shape index (κ3) is 6.32. The lowest BCUT2D eigenvalue weighted by atomic mass is 9.90. The van der Waals surface area contributed by atoms with Crippen molar-refractivity contribution < 1.29 is 4.42 Å². The molecule has 10 aromatic rings. The van der Waals surface area contributed by atoms with E-state index in [9.17, 15) is 5.26 Å². The summed E-state index contributed by atoms with van der Waals surface area (Å²) in [4.78, 5) is 15.2. The second-order valence-electron chi connectivity index (χ2n) is 13.9. The summed E-state index contributed by atoms with van der Waals surface area (Å²) in [6.45, 7) is 0. The van der Waals surface area contributed by atoms with E-state index >= 15 is 0 Å². The lowest BCUT2D eigenvalue weighted by molar-refractivity contribution is 0.669. The minimum atomic E-state index is 0.539. The van der Waals surface area contributed by atoms with E-state index in [0.29, 0.717) is 23.0 Å². The molecule has 0 saturated heterocycles. The zero-order valence-electron chi connectivity index (χ0n) is 30.7. The van der Waals surface area contributed by atoms with Crippen LogP contribution in [0.25, 0.3) is 101 Å². The molecule has 0 amide bonds. The maximum Gasteiger partial charge on any atom is 0.164 e. The number of aromatic nitrogens is 3. The van der Waals surface area contributed by atoms with Gasteiger partial charge in [-0.2, -0.15) is 5.26 Å². The van der Waals surface area contributed by atoms with Crippen LogP contribution < -0.4 is 0 Å². The average molecular weight is 729 g/mol. The third-order valence-electron chi connectivity index (χ3n) is 10.4. The SMILES string of the molecule is N#Cc1ccccc1-c1ccc(-c2nc(-c3ccccc3)nc(-c3ccc4c(c3)oc3cccc(-c5cccc(-c6ccccc6)c5)c34)n2)cc1-c1ccccc1. The van der Waals surface area contributed by atoms with Gasteiger partial charge in [0.15, 0.2) is 17.5 Å². The Morgan fingerprint density at radius 1 is 0.351 bits per heavy atom. The van der Waals surface area contributed by atoms with Crippen LogP contribution in [0.4, 0.5) is 0 Å². The number of hydrogen-bond acceptors (Lipinski definition) is 5. The first kappa shape index (κ1) is 33.6. The molecule has 0 radical (unpaired) electrons. The van der Waals surface area contributed by atoms with Crippen LogP contribution in [0.1, 0.15) is 5.56 Å². The molecule has 0 N–H and O–H groups in total. The van der Waals surface area contributed by atoms with Crippen molar-refractivity contribution >= 4 is 21.9 Å². The van der Waals surface area contributed by atoms with Crippen LogP contribution in [0.3, 0.4) is 0 Å². The van der Waals surface area contributed by atoms with E-state index in [1.54, 1.807) is 0 Å². The maximum atomic E-state index is 9.99. The van der Waals surface area contributed by atoms with Crippen LogP contribution in [0.15, 0.2) is 199 Å². The van der Waals surface area contributed by atoms with Crippen LogP contribution in [-0.4, -0.2) is 15.0 Å². The van der Waals surface area contributed by atoms with Gasteiger partial charge in [0.1, 0.15) is 11.2 Å². The summed E-state index contributed by atoms with van der Waals surface area (Å²) in [6.07, 6.45) is 0. The zero-order chi connectivity index (χ0) is 38.1. The van der Waals surface area contributed by atoms with E-state index < -0.39 is 0 Å². The largest absolute Gasteiger partial charge is 0.456 e. The second-order valence-corrected chi connectivity index (χ2v) is 13.9. The van der Waals surface area contributed by atoms with Gasteiger partial charge in [0.25, 0.3) is 0 Å². The molecule has 0 saturated carbocycles. The van der Waals surface area contributed by atoms with Gasteiger partial charge in [-0.25, -0.2) is 15.0 Å². The standard InChI is InChI=1S/C52H32N4O/c53-33-41-20-10-11-23-42(41)44-28-26-39(31-46(44)35-16-6-2-7-17-35)51-54-50(36-18-8-3-9-19-36)55-52(56-51)40-27-29-45-48(32-40)57-47-25-13-24-43(49(45)47)38-22-12-21-37(30-38)34-14-4-1-5-15-34/h1-32H. The Kier molecular flexibility index (Phi) is 8.48. The molecule has 266 valence electrons. The zero-order valence-corrected chi connectivity index (χ0v) is 30.7. The minimum Gasteiger partial charge on any atom is -0.456 e. The summed E-state index contributed by atoms with van der Waals surface area (Å²) in [5, 5.41) is 12.1. The van der Waals surface area contributed by atoms with Crippen molar-refractivity contribution in [2.75, 3.05) is 0 Å². The summed E-state index contributed by atoms with van der Waals surface area (Å²) in [6, 6.07) is 68.0. The van der Waals surface area contributed by atoms with Crippen molar-refractivity contribution in [1.29, 1.82) is 5.26 Å². The fourth-order valence-electron chi connectivity index (χ4n) is 7.64. The number of furan rings is 1. The Morgan fingerprint density at radius 2 is 0.912 bits per heavy atom. The van der Waals surface area contributed by atoms with Crippen LogP contribution in [-0.2, 0) is 0 Å². The van der Waals surface area contributed by atoms with Crippen molar-refractivity contribution in [1.82, 2.24) is 15.0 Å². The molecular weight excluding hydrogens is 697 g/mol. The lowest BCUT2D eigenvalue weighted by Crippen LogP contribution is -2.00. The highest BCUT2D eigenvalue weighted by molar-refractivity contribution is 6.13. The van der Waals surface area contributed by atoms with Crippen molar-refractivity contribution in [2.45, 2.75) is 0 Å². The molecule has 0 bridgehead atoms. The van der Waals surface area contributed by atoms with Gasteiger partial charge in [-0.3, -0.25) is 0 Å². The van der Waals surface area contributed by atoms with Crippen LogP contribution in [0, 0.1) is 11.3 Å². The van der Waals surface area contributed by atoms with Gasteiger partial charge in [-0.1, -0.05) is 158 Å². The van der Waals surface area contributed by atoms with E-state index in [1.807, 2.05) is 97.1 Å². The molecule has 0 atom stereocenters. The number of benzene rings is 8. The normalized spacial score (nSPS) is 11.1. The van der Waals surface area contributed by atoms with Gasteiger partial charge in [-0.15, -0.1) is 0 Å². The predicted molar refractivity (Wildman–Crippen MR) is 230 cm³/mol. The van der Waals surface area contributed by atoms with Crippen LogP contribution >= 0.6 is 0 Å². The van der Waals surface area contributed by atoms with E-state index in [-0.39, 0.29) is 0 Å². The smallest absolute Gasteiger partial charge is 0.164 e. The molecular formula is C52H32N4O. The van der Waals surface area contributed by atoms with Crippen molar-refractivity contribution in [3.63, 3.8) is 0 Å². The highest BCUT2D eigenvalue weighted by Crippen LogP contribution is 2.40. The molecule has 0 aliphatic rings. The summed E-state index contributed by atoms with van der Waals surface area (Å²) >= 11 is 0. The molecule has 0 fully saturated rings. The highest BCUT2D eigenvalue weighted by atomic mass is 16.3. The van der Waals surface area contributed by atoms with Crippen LogP contribution in [0.2, 0.25) is 0 Å². The average Bonchev–Trinajstić information content (AvgIpc) is 3.68. The van der Waals surface area contributed by atoms with E-state index in [2.05, 4.69) is 103 Å².